The molecule has 0 unspecified atom stereocenters. The van der Waals surface area contributed by atoms with E-state index in [0.717, 1.165) is 0 Å². The molecule has 1 aromatic heterocycles. The summed E-state index contributed by atoms with van der Waals surface area (Å²) in [4.78, 5) is 10.0. The molecule has 11 heteroatoms. The number of hydrogen-bond acceptors (Lipinski definition) is 8. The number of hydrogen-bond donors (Lipinski definition) is 1. The lowest BCUT2D eigenvalue weighted by molar-refractivity contribution is -0.134. The quantitative estimate of drug-likeness (QED) is 0.611. The van der Waals surface area contributed by atoms with Crippen molar-refractivity contribution in [1.82, 2.24) is 14.9 Å². The summed E-state index contributed by atoms with van der Waals surface area (Å²) in [5.74, 6) is -2.45. The van der Waals surface area contributed by atoms with Gasteiger partial charge in [0.15, 0.2) is 23.4 Å². The fourth-order valence-corrected chi connectivity index (χ4v) is 4.01. The van der Waals surface area contributed by atoms with E-state index in [4.69, 9.17) is 18.9 Å². The molecule has 3 heterocycles. The zero-order valence-corrected chi connectivity index (χ0v) is 17.9. The van der Waals surface area contributed by atoms with E-state index >= 15 is 0 Å². The molecule has 0 radical (unpaired) electrons. The van der Waals surface area contributed by atoms with Crippen molar-refractivity contribution in [3.05, 3.63) is 36.4 Å². The third kappa shape index (κ3) is 3.92. The first-order valence-corrected chi connectivity index (χ1v) is 10.3. The summed E-state index contributed by atoms with van der Waals surface area (Å²) in [6, 6.07) is 5.81. The number of nitrogens with zero attached hydrogens (tertiary/aromatic N) is 3. The van der Waals surface area contributed by atoms with Gasteiger partial charge in [-0.05, 0) is 19.2 Å². The highest BCUT2D eigenvalue weighted by Crippen LogP contribution is 2.44. The second-order valence-corrected chi connectivity index (χ2v) is 7.92. The summed E-state index contributed by atoms with van der Waals surface area (Å²) in [5, 5.41) is 3.22. The highest BCUT2D eigenvalue weighted by atomic mass is 19.3. The Morgan fingerprint density at radius 2 is 2.06 bits per heavy atom. The number of halogens is 3. The zero-order valence-electron chi connectivity index (χ0n) is 17.9. The third-order valence-electron chi connectivity index (χ3n) is 5.64. The van der Waals surface area contributed by atoms with Gasteiger partial charge in [-0.15, -0.1) is 0 Å². The Morgan fingerprint density at radius 3 is 2.85 bits per heavy atom. The molecule has 1 fully saturated rings. The fourth-order valence-electron chi connectivity index (χ4n) is 4.01. The maximum Gasteiger partial charge on any atom is 0.296 e. The summed E-state index contributed by atoms with van der Waals surface area (Å²) < 4.78 is 66.0. The summed E-state index contributed by atoms with van der Waals surface area (Å²) in [6.07, 6.45) is 0.0488. The van der Waals surface area contributed by atoms with Crippen LogP contribution in [-0.4, -0.2) is 60.9 Å². The van der Waals surface area contributed by atoms with Gasteiger partial charge in [0.05, 0.1) is 24.6 Å². The lowest BCUT2D eigenvalue weighted by Crippen LogP contribution is -2.52. The van der Waals surface area contributed by atoms with Gasteiger partial charge in [-0.2, -0.15) is 0 Å². The number of likely N-dealkylation sites (tertiary alicyclic amines) is 1. The first-order valence-electron chi connectivity index (χ1n) is 10.3. The number of aromatic nitrogens is 2. The van der Waals surface area contributed by atoms with Crippen molar-refractivity contribution in [1.29, 1.82) is 0 Å². The van der Waals surface area contributed by atoms with E-state index < -0.39 is 24.4 Å². The second-order valence-electron chi connectivity index (χ2n) is 7.92. The summed E-state index contributed by atoms with van der Waals surface area (Å²) >= 11 is 0. The smallest absolute Gasteiger partial charge is 0.296 e. The van der Waals surface area contributed by atoms with Crippen molar-refractivity contribution in [3.63, 3.8) is 0 Å². The summed E-state index contributed by atoms with van der Waals surface area (Å²) in [7, 11) is 3.09. The molecule has 0 spiro atoms. The van der Waals surface area contributed by atoms with Crippen LogP contribution in [0.25, 0.3) is 10.9 Å². The van der Waals surface area contributed by atoms with Crippen molar-refractivity contribution in [2.75, 3.05) is 39.4 Å². The van der Waals surface area contributed by atoms with Crippen molar-refractivity contribution >= 4 is 22.4 Å². The molecule has 33 heavy (non-hydrogen) atoms. The molecule has 0 aliphatic carbocycles. The van der Waals surface area contributed by atoms with E-state index in [9.17, 15) is 13.2 Å². The molecule has 0 saturated carbocycles. The third-order valence-corrected chi connectivity index (χ3v) is 5.64. The van der Waals surface area contributed by atoms with E-state index in [-0.39, 0.29) is 36.2 Å². The number of piperidine rings is 1. The predicted octanol–water partition coefficient (Wildman–Crippen LogP) is 3.97. The summed E-state index contributed by atoms with van der Waals surface area (Å²) in [6.45, 7) is -0.00288. The number of methoxy groups -OCH3 is 1. The summed E-state index contributed by atoms with van der Waals surface area (Å²) in [5.41, 5.74) is 0.389. The highest BCUT2D eigenvalue weighted by Gasteiger charge is 2.45. The number of rotatable bonds is 5. The molecular weight excluding hydrogens is 441 g/mol. The molecule has 1 atom stereocenters. The second kappa shape index (κ2) is 8.14. The Hall–Kier alpha value is -3.47. The van der Waals surface area contributed by atoms with Crippen LogP contribution in [-0.2, 0) is 0 Å². The van der Waals surface area contributed by atoms with Crippen LogP contribution in [0.3, 0.4) is 0 Å². The minimum atomic E-state index is -3.07. The zero-order chi connectivity index (χ0) is 23.2. The molecule has 8 nitrogen and oxygen atoms in total. The van der Waals surface area contributed by atoms with E-state index in [0.29, 0.717) is 28.9 Å². The van der Waals surface area contributed by atoms with E-state index in [1.54, 1.807) is 18.0 Å². The van der Waals surface area contributed by atoms with Gasteiger partial charge in [-0.25, -0.2) is 23.1 Å². The average molecular weight is 462 g/mol. The van der Waals surface area contributed by atoms with E-state index in [2.05, 4.69) is 15.3 Å². The molecule has 1 saturated heterocycles. The Labute approximate surface area is 187 Å². The van der Waals surface area contributed by atoms with Gasteiger partial charge in [0, 0.05) is 25.1 Å². The van der Waals surface area contributed by atoms with Gasteiger partial charge >= 0.3 is 0 Å². The minimum Gasteiger partial charge on any atom is -0.497 e. The maximum atomic E-state index is 14.7. The minimum absolute atomic E-state index is 0.0105. The first-order chi connectivity index (χ1) is 15.9. The van der Waals surface area contributed by atoms with Gasteiger partial charge in [0.1, 0.15) is 29.3 Å². The number of alkyl halides is 2. The maximum absolute atomic E-state index is 14.7. The normalized spacial score (nSPS) is 19.5. The molecule has 0 amide bonds. The fraction of sp³-hybridized carbons (Fsp3) is 0.364. The number of ether oxygens (including phenoxy) is 4. The lowest BCUT2D eigenvalue weighted by Gasteiger charge is -2.36. The SMILES string of the molecule is COc1cc(O[C@@H]2CCN(C)CC2(F)F)c2c(Nc3c(F)ccc4c3OCO4)ncnc2c1. The number of fused-ring (bicyclic) bond motifs is 2. The van der Waals surface area contributed by atoms with Gasteiger partial charge in [0.2, 0.25) is 6.79 Å². The van der Waals surface area contributed by atoms with Crippen molar-refractivity contribution in [3.8, 4) is 23.0 Å². The van der Waals surface area contributed by atoms with Gasteiger partial charge in [-0.3, -0.25) is 0 Å². The van der Waals surface area contributed by atoms with Crippen LogP contribution >= 0.6 is 0 Å². The van der Waals surface area contributed by atoms with Crippen LogP contribution < -0.4 is 24.3 Å². The lowest BCUT2D eigenvalue weighted by atomic mass is 10.0. The van der Waals surface area contributed by atoms with Crippen LogP contribution in [0.2, 0.25) is 0 Å². The standard InChI is InChI=1S/C22H21F3N4O4/c1-29-6-5-17(22(24,25)9-29)33-16-8-12(30-2)7-14-18(16)21(27-10-26-14)28-19-13(23)3-4-15-20(19)32-11-31-15/h3-4,7-8,10,17H,5-6,9,11H2,1-2H3,(H,26,27,28)/t17-/m1/s1. The number of anilines is 2. The largest absolute Gasteiger partial charge is 0.497 e. The van der Waals surface area contributed by atoms with Crippen LogP contribution in [0.4, 0.5) is 24.7 Å². The van der Waals surface area contributed by atoms with E-state index in [1.165, 1.54) is 31.6 Å². The number of benzene rings is 2. The Balaban J connectivity index is 1.59. The molecule has 5 rings (SSSR count). The molecule has 2 aliphatic rings. The Bertz CT molecular complexity index is 1210. The molecule has 174 valence electrons. The monoisotopic (exact) mass is 462 g/mol. The van der Waals surface area contributed by atoms with Crippen LogP contribution in [0.5, 0.6) is 23.0 Å². The number of nitrogens with one attached hydrogen (secondary N) is 1. The van der Waals surface area contributed by atoms with Gasteiger partial charge in [-0.1, -0.05) is 0 Å². The van der Waals surface area contributed by atoms with Crippen molar-refractivity contribution in [2.24, 2.45) is 0 Å². The predicted molar refractivity (Wildman–Crippen MR) is 113 cm³/mol. The van der Waals surface area contributed by atoms with Crippen molar-refractivity contribution in [2.45, 2.75) is 18.4 Å². The van der Waals surface area contributed by atoms with E-state index in [1.807, 2.05) is 0 Å². The molecule has 0 bridgehead atoms. The van der Waals surface area contributed by atoms with Crippen LogP contribution in [0.1, 0.15) is 6.42 Å². The Morgan fingerprint density at radius 1 is 1.21 bits per heavy atom. The Kier molecular flexibility index (Phi) is 5.28. The molecular formula is C22H21F3N4O4. The molecule has 2 aromatic carbocycles. The molecule has 1 N–H and O–H groups in total. The van der Waals surface area contributed by atoms with Crippen molar-refractivity contribution < 1.29 is 32.1 Å². The van der Waals surface area contributed by atoms with Crippen LogP contribution in [0, 0.1) is 5.82 Å². The highest BCUT2D eigenvalue weighted by molar-refractivity contribution is 5.97. The average Bonchev–Trinajstić information content (AvgIpc) is 3.26. The van der Waals surface area contributed by atoms with Gasteiger partial charge in [0.25, 0.3) is 5.92 Å². The van der Waals surface area contributed by atoms with Crippen LogP contribution in [0.15, 0.2) is 30.6 Å². The topological polar surface area (TPSA) is 78.0 Å². The van der Waals surface area contributed by atoms with Gasteiger partial charge < -0.3 is 29.2 Å². The molecule has 3 aromatic rings. The first kappa shape index (κ1) is 21.4. The molecule has 2 aliphatic heterocycles.